The van der Waals surface area contributed by atoms with Crippen LogP contribution in [-0.2, 0) is 0 Å². The highest BCUT2D eigenvalue weighted by molar-refractivity contribution is 5.34. The van der Waals surface area contributed by atoms with Crippen LogP contribution in [0.3, 0.4) is 0 Å². The zero-order chi connectivity index (χ0) is 16.2. The summed E-state index contributed by atoms with van der Waals surface area (Å²) in [5, 5.41) is 22.3. The summed E-state index contributed by atoms with van der Waals surface area (Å²) in [6.07, 6.45) is 5.07. The smallest absolute Gasteiger partial charge is 0.119 e. The molecule has 4 nitrogen and oxygen atoms in total. The molecule has 0 radical (unpaired) electrons. The SMILES string of the molecule is CC(NCC(O)COc1ccc(C#N)cc1)C1CC2CCC1C2. The molecule has 2 saturated carbocycles. The van der Waals surface area contributed by atoms with Crippen molar-refractivity contribution in [3.05, 3.63) is 29.8 Å². The van der Waals surface area contributed by atoms with E-state index in [1.807, 2.05) is 0 Å². The van der Waals surface area contributed by atoms with Crippen molar-refractivity contribution in [1.82, 2.24) is 5.32 Å². The lowest BCUT2D eigenvalue weighted by Crippen LogP contribution is -2.41. The summed E-state index contributed by atoms with van der Waals surface area (Å²) in [5.41, 5.74) is 0.610. The maximum absolute atomic E-state index is 10.1. The average Bonchev–Trinajstić information content (AvgIpc) is 3.21. The second-order valence-electron chi connectivity index (χ2n) is 7.14. The fraction of sp³-hybridized carbons (Fsp3) is 0.632. The van der Waals surface area contributed by atoms with Gasteiger partial charge in [-0.25, -0.2) is 0 Å². The molecular formula is C19H26N2O2. The quantitative estimate of drug-likeness (QED) is 0.812. The van der Waals surface area contributed by atoms with Gasteiger partial charge in [-0.05, 0) is 68.2 Å². The number of rotatable bonds is 7. The van der Waals surface area contributed by atoms with Gasteiger partial charge in [0.05, 0.1) is 11.6 Å². The molecular weight excluding hydrogens is 288 g/mol. The van der Waals surface area contributed by atoms with E-state index in [2.05, 4.69) is 18.3 Å². The molecule has 5 atom stereocenters. The summed E-state index contributed by atoms with van der Waals surface area (Å²) in [6, 6.07) is 9.50. The minimum atomic E-state index is -0.522. The molecule has 0 heterocycles. The van der Waals surface area contributed by atoms with Crippen molar-refractivity contribution >= 4 is 0 Å². The number of aliphatic hydroxyl groups is 1. The first-order chi connectivity index (χ1) is 11.2. The summed E-state index contributed by atoms with van der Waals surface area (Å²) < 4.78 is 5.57. The van der Waals surface area contributed by atoms with Gasteiger partial charge in [0.2, 0.25) is 0 Å². The lowest BCUT2D eigenvalue weighted by atomic mass is 9.84. The fourth-order valence-corrected chi connectivity index (χ4v) is 4.26. The highest BCUT2D eigenvalue weighted by Crippen LogP contribution is 2.49. The lowest BCUT2D eigenvalue weighted by molar-refractivity contribution is 0.0993. The maximum Gasteiger partial charge on any atom is 0.119 e. The topological polar surface area (TPSA) is 65.3 Å². The third-order valence-electron chi connectivity index (χ3n) is 5.54. The van der Waals surface area contributed by atoms with Crippen molar-refractivity contribution in [2.24, 2.45) is 17.8 Å². The summed E-state index contributed by atoms with van der Waals surface area (Å²) in [5.74, 6) is 3.32. The van der Waals surface area contributed by atoms with Gasteiger partial charge in [-0.1, -0.05) is 6.42 Å². The lowest BCUT2D eigenvalue weighted by Gasteiger charge is -2.29. The summed E-state index contributed by atoms with van der Waals surface area (Å²) in [4.78, 5) is 0. The van der Waals surface area contributed by atoms with E-state index in [4.69, 9.17) is 10.00 Å². The Morgan fingerprint density at radius 3 is 2.70 bits per heavy atom. The number of fused-ring (bicyclic) bond motifs is 2. The molecule has 2 aliphatic rings. The summed E-state index contributed by atoms with van der Waals surface area (Å²) in [7, 11) is 0. The largest absolute Gasteiger partial charge is 0.491 e. The number of benzene rings is 1. The van der Waals surface area contributed by atoms with Gasteiger partial charge in [0.1, 0.15) is 18.5 Å². The molecule has 4 heteroatoms. The third kappa shape index (κ3) is 4.04. The normalized spacial score (nSPS) is 28.3. The van der Waals surface area contributed by atoms with Gasteiger partial charge in [-0.15, -0.1) is 0 Å². The molecule has 3 rings (SSSR count). The predicted molar refractivity (Wildman–Crippen MR) is 89.1 cm³/mol. The molecule has 2 N–H and O–H groups in total. The number of aliphatic hydroxyl groups excluding tert-OH is 1. The molecule has 2 fully saturated rings. The first kappa shape index (κ1) is 16.3. The third-order valence-corrected chi connectivity index (χ3v) is 5.54. The van der Waals surface area contributed by atoms with Gasteiger partial charge >= 0.3 is 0 Å². The molecule has 124 valence electrons. The molecule has 1 aromatic rings. The molecule has 0 aromatic heterocycles. The molecule has 23 heavy (non-hydrogen) atoms. The molecule has 0 aliphatic heterocycles. The van der Waals surface area contributed by atoms with Crippen molar-refractivity contribution in [1.29, 1.82) is 5.26 Å². The Bertz CT molecular complexity index is 551. The number of hydrogen-bond acceptors (Lipinski definition) is 4. The van der Waals surface area contributed by atoms with Crippen LogP contribution in [0.5, 0.6) is 5.75 Å². The van der Waals surface area contributed by atoms with E-state index in [-0.39, 0.29) is 6.61 Å². The predicted octanol–water partition coefficient (Wildman–Crippen LogP) is 2.71. The van der Waals surface area contributed by atoms with Crippen molar-refractivity contribution in [3.8, 4) is 11.8 Å². The average molecular weight is 314 g/mol. The van der Waals surface area contributed by atoms with Crippen molar-refractivity contribution in [2.75, 3.05) is 13.2 Å². The van der Waals surface area contributed by atoms with Crippen LogP contribution in [0, 0.1) is 29.1 Å². The van der Waals surface area contributed by atoms with E-state index in [9.17, 15) is 5.11 Å². The molecule has 5 unspecified atom stereocenters. The molecule has 0 amide bonds. The molecule has 2 bridgehead atoms. The van der Waals surface area contributed by atoms with Crippen LogP contribution in [0.1, 0.15) is 38.2 Å². The Morgan fingerprint density at radius 1 is 1.30 bits per heavy atom. The van der Waals surface area contributed by atoms with Gasteiger partial charge < -0.3 is 15.2 Å². The molecule has 2 aliphatic carbocycles. The molecule has 1 aromatic carbocycles. The van der Waals surface area contributed by atoms with Gasteiger partial charge in [-0.2, -0.15) is 5.26 Å². The van der Waals surface area contributed by atoms with E-state index in [1.165, 1.54) is 25.7 Å². The van der Waals surface area contributed by atoms with Crippen LogP contribution in [0.4, 0.5) is 0 Å². The van der Waals surface area contributed by atoms with Crippen LogP contribution >= 0.6 is 0 Å². The van der Waals surface area contributed by atoms with E-state index in [1.54, 1.807) is 24.3 Å². The van der Waals surface area contributed by atoms with Crippen LogP contribution in [0.15, 0.2) is 24.3 Å². The van der Waals surface area contributed by atoms with E-state index >= 15 is 0 Å². The Balaban J connectivity index is 1.37. The van der Waals surface area contributed by atoms with Crippen LogP contribution in [0.25, 0.3) is 0 Å². The van der Waals surface area contributed by atoms with Crippen molar-refractivity contribution < 1.29 is 9.84 Å². The van der Waals surface area contributed by atoms with E-state index in [0.29, 0.717) is 23.9 Å². The number of ether oxygens (including phenoxy) is 1. The first-order valence-corrected chi connectivity index (χ1v) is 8.70. The van der Waals surface area contributed by atoms with Crippen molar-refractivity contribution in [2.45, 2.75) is 44.8 Å². The summed E-state index contributed by atoms with van der Waals surface area (Å²) >= 11 is 0. The Hall–Kier alpha value is -1.57. The van der Waals surface area contributed by atoms with Crippen LogP contribution < -0.4 is 10.1 Å². The minimum absolute atomic E-state index is 0.266. The fourth-order valence-electron chi connectivity index (χ4n) is 4.26. The second-order valence-corrected chi connectivity index (χ2v) is 7.14. The second kappa shape index (κ2) is 7.33. The molecule has 0 saturated heterocycles. The molecule has 0 spiro atoms. The summed E-state index contributed by atoms with van der Waals surface area (Å²) in [6.45, 7) is 3.08. The number of nitrogens with one attached hydrogen (secondary N) is 1. The highest BCUT2D eigenvalue weighted by atomic mass is 16.5. The van der Waals surface area contributed by atoms with Gasteiger partial charge in [0.15, 0.2) is 0 Å². The Morgan fingerprint density at radius 2 is 2.09 bits per heavy atom. The van der Waals surface area contributed by atoms with Gasteiger partial charge in [0, 0.05) is 12.6 Å². The van der Waals surface area contributed by atoms with E-state index in [0.717, 1.165) is 17.8 Å². The Labute approximate surface area is 138 Å². The standard InChI is InChI=1S/C19H26N2O2/c1-13(19-9-15-2-5-16(19)8-15)21-11-17(22)12-23-18-6-3-14(10-20)4-7-18/h3-4,6-7,13,15-17,19,21-22H,2,5,8-9,11-12H2,1H3. The van der Waals surface area contributed by atoms with Crippen LogP contribution in [0.2, 0.25) is 0 Å². The van der Waals surface area contributed by atoms with E-state index < -0.39 is 6.10 Å². The monoisotopic (exact) mass is 314 g/mol. The zero-order valence-corrected chi connectivity index (χ0v) is 13.7. The van der Waals surface area contributed by atoms with Gasteiger partial charge in [0.25, 0.3) is 0 Å². The Kier molecular flexibility index (Phi) is 5.20. The number of nitrogens with zero attached hydrogens (tertiary/aromatic N) is 1. The zero-order valence-electron chi connectivity index (χ0n) is 13.7. The number of hydrogen-bond donors (Lipinski definition) is 2. The van der Waals surface area contributed by atoms with Crippen molar-refractivity contribution in [3.63, 3.8) is 0 Å². The maximum atomic E-state index is 10.1. The minimum Gasteiger partial charge on any atom is -0.491 e. The van der Waals surface area contributed by atoms with Gasteiger partial charge in [-0.3, -0.25) is 0 Å². The highest BCUT2D eigenvalue weighted by Gasteiger charge is 2.41. The first-order valence-electron chi connectivity index (χ1n) is 8.70. The van der Waals surface area contributed by atoms with Crippen LogP contribution in [-0.4, -0.2) is 30.4 Å². The number of nitriles is 1.